The second kappa shape index (κ2) is 8.18. The fraction of sp³-hybridized carbons (Fsp3) is 0.400. The summed E-state index contributed by atoms with van der Waals surface area (Å²) >= 11 is 0. The molecule has 1 heterocycles. The molecule has 2 atom stereocenters. The molecule has 1 saturated heterocycles. The fourth-order valence-electron chi connectivity index (χ4n) is 2.54. The van der Waals surface area contributed by atoms with Gasteiger partial charge in [0.1, 0.15) is 11.5 Å². The summed E-state index contributed by atoms with van der Waals surface area (Å²) in [5.41, 5.74) is 2.54. The van der Waals surface area contributed by atoms with Crippen LogP contribution in [0.2, 0.25) is 0 Å². The predicted octanol–water partition coefficient (Wildman–Crippen LogP) is 3.97. The largest absolute Gasteiger partial charge is 0.458 e. The van der Waals surface area contributed by atoms with Crippen LogP contribution in [0.5, 0.6) is 11.5 Å². The molecule has 1 aliphatic heterocycles. The van der Waals surface area contributed by atoms with Gasteiger partial charge in [0, 0.05) is 0 Å². The van der Waals surface area contributed by atoms with Gasteiger partial charge in [0.2, 0.25) is 0 Å². The molecule has 1 fully saturated rings. The van der Waals surface area contributed by atoms with Crippen LogP contribution in [0.25, 0.3) is 0 Å². The van der Waals surface area contributed by atoms with Crippen LogP contribution in [0.3, 0.4) is 0 Å². The maximum Gasteiger partial charge on any atom is 0.263 e. The van der Waals surface area contributed by atoms with Gasteiger partial charge in [-0.05, 0) is 48.2 Å². The first kappa shape index (κ1) is 16.8. The van der Waals surface area contributed by atoms with E-state index in [2.05, 4.69) is 38.1 Å². The van der Waals surface area contributed by atoms with Crippen molar-refractivity contribution in [2.24, 2.45) is 0 Å². The van der Waals surface area contributed by atoms with E-state index in [1.807, 2.05) is 24.3 Å². The molecule has 24 heavy (non-hydrogen) atoms. The molecule has 0 radical (unpaired) electrons. The SMILES string of the molecule is CCc1ccc(O[C@H]2OCCO[C@@H]2Oc2ccc(CC)cc2)cc1. The monoisotopic (exact) mass is 328 g/mol. The molecule has 4 heteroatoms. The fourth-order valence-corrected chi connectivity index (χ4v) is 2.54. The minimum Gasteiger partial charge on any atom is -0.458 e. The Balaban J connectivity index is 1.65. The Bertz CT molecular complexity index is 564. The smallest absolute Gasteiger partial charge is 0.263 e. The molecule has 0 spiro atoms. The second-order valence-corrected chi connectivity index (χ2v) is 5.71. The second-order valence-electron chi connectivity index (χ2n) is 5.71. The van der Waals surface area contributed by atoms with Gasteiger partial charge in [0.05, 0.1) is 13.2 Å². The van der Waals surface area contributed by atoms with Crippen molar-refractivity contribution in [3.63, 3.8) is 0 Å². The first-order valence-corrected chi connectivity index (χ1v) is 8.53. The zero-order chi connectivity index (χ0) is 16.8. The Morgan fingerprint density at radius 3 is 1.42 bits per heavy atom. The molecule has 2 aromatic carbocycles. The molecule has 2 aromatic rings. The van der Waals surface area contributed by atoms with Gasteiger partial charge >= 0.3 is 0 Å². The summed E-state index contributed by atoms with van der Waals surface area (Å²) in [6.45, 7) is 5.24. The molecule has 0 amide bonds. The van der Waals surface area contributed by atoms with Crippen molar-refractivity contribution in [1.82, 2.24) is 0 Å². The first-order chi connectivity index (χ1) is 11.8. The molecule has 4 nitrogen and oxygen atoms in total. The lowest BCUT2D eigenvalue weighted by Gasteiger charge is -2.31. The van der Waals surface area contributed by atoms with E-state index in [4.69, 9.17) is 18.9 Å². The number of rotatable bonds is 6. The molecule has 0 bridgehead atoms. The van der Waals surface area contributed by atoms with Crippen LogP contribution >= 0.6 is 0 Å². The Kier molecular flexibility index (Phi) is 5.72. The highest BCUT2D eigenvalue weighted by molar-refractivity contribution is 5.28. The molecule has 1 aliphatic rings. The van der Waals surface area contributed by atoms with Gasteiger partial charge in [0.25, 0.3) is 12.6 Å². The van der Waals surface area contributed by atoms with Crippen LogP contribution in [0.4, 0.5) is 0 Å². The summed E-state index contributed by atoms with van der Waals surface area (Å²) in [7, 11) is 0. The van der Waals surface area contributed by atoms with Crippen molar-refractivity contribution in [3.8, 4) is 11.5 Å². The van der Waals surface area contributed by atoms with E-state index in [1.165, 1.54) is 11.1 Å². The highest BCUT2D eigenvalue weighted by atomic mass is 16.8. The molecule has 0 saturated carbocycles. The first-order valence-electron chi connectivity index (χ1n) is 8.53. The van der Waals surface area contributed by atoms with Gasteiger partial charge in [-0.25, -0.2) is 0 Å². The summed E-state index contributed by atoms with van der Waals surface area (Å²) in [6.07, 6.45) is 0.834. The van der Waals surface area contributed by atoms with Crippen molar-refractivity contribution in [3.05, 3.63) is 59.7 Å². The minimum absolute atomic E-state index is 0.492. The summed E-state index contributed by atoms with van der Waals surface area (Å²) in [5, 5.41) is 0. The quantitative estimate of drug-likeness (QED) is 0.804. The Morgan fingerprint density at radius 2 is 1.08 bits per heavy atom. The average molecular weight is 328 g/mol. The zero-order valence-corrected chi connectivity index (χ0v) is 14.2. The van der Waals surface area contributed by atoms with Crippen molar-refractivity contribution in [2.75, 3.05) is 13.2 Å². The molecular weight excluding hydrogens is 304 g/mol. The minimum atomic E-state index is -0.586. The van der Waals surface area contributed by atoms with E-state index in [-0.39, 0.29) is 0 Å². The third-order valence-corrected chi connectivity index (χ3v) is 4.04. The van der Waals surface area contributed by atoms with E-state index >= 15 is 0 Å². The topological polar surface area (TPSA) is 36.9 Å². The number of aryl methyl sites for hydroxylation is 2. The van der Waals surface area contributed by atoms with Gasteiger partial charge in [0.15, 0.2) is 0 Å². The summed E-state index contributed by atoms with van der Waals surface area (Å²) in [4.78, 5) is 0. The molecule has 3 rings (SSSR count). The van der Waals surface area contributed by atoms with Gasteiger partial charge in [-0.1, -0.05) is 38.1 Å². The van der Waals surface area contributed by atoms with Crippen LogP contribution < -0.4 is 9.47 Å². The molecule has 0 aromatic heterocycles. The van der Waals surface area contributed by atoms with E-state index in [1.54, 1.807) is 0 Å². The Labute approximate surface area is 143 Å². The zero-order valence-electron chi connectivity index (χ0n) is 14.2. The van der Waals surface area contributed by atoms with Gasteiger partial charge in [-0.3, -0.25) is 0 Å². The molecule has 0 unspecified atom stereocenters. The van der Waals surface area contributed by atoms with E-state index < -0.39 is 12.6 Å². The molecule has 128 valence electrons. The molecule has 0 N–H and O–H groups in total. The molecule has 0 aliphatic carbocycles. The maximum atomic E-state index is 5.91. The van der Waals surface area contributed by atoms with Crippen LogP contribution in [0.15, 0.2) is 48.5 Å². The van der Waals surface area contributed by atoms with Crippen molar-refractivity contribution in [1.29, 1.82) is 0 Å². The lowest BCUT2D eigenvalue weighted by Crippen LogP contribution is -2.45. The normalized spacial score (nSPS) is 20.6. The lowest BCUT2D eigenvalue weighted by atomic mass is 10.2. The van der Waals surface area contributed by atoms with Crippen molar-refractivity contribution >= 4 is 0 Å². The molecular formula is C20H24O4. The van der Waals surface area contributed by atoms with Crippen molar-refractivity contribution < 1.29 is 18.9 Å². The van der Waals surface area contributed by atoms with E-state index in [0.717, 1.165) is 24.3 Å². The maximum absolute atomic E-state index is 5.91. The van der Waals surface area contributed by atoms with E-state index in [0.29, 0.717) is 13.2 Å². The average Bonchev–Trinajstić information content (AvgIpc) is 2.64. The third-order valence-electron chi connectivity index (χ3n) is 4.04. The van der Waals surface area contributed by atoms with Crippen LogP contribution in [0.1, 0.15) is 25.0 Å². The van der Waals surface area contributed by atoms with Crippen LogP contribution in [0, 0.1) is 0 Å². The number of hydrogen-bond acceptors (Lipinski definition) is 4. The number of benzene rings is 2. The number of hydrogen-bond donors (Lipinski definition) is 0. The number of ether oxygens (including phenoxy) is 4. The summed E-state index contributed by atoms with van der Waals surface area (Å²) in [6, 6.07) is 16.0. The van der Waals surface area contributed by atoms with Crippen molar-refractivity contribution in [2.45, 2.75) is 39.3 Å². The van der Waals surface area contributed by atoms with Gasteiger partial charge in [-0.2, -0.15) is 0 Å². The highest BCUT2D eigenvalue weighted by Crippen LogP contribution is 2.22. The predicted molar refractivity (Wildman–Crippen MR) is 92.4 cm³/mol. The van der Waals surface area contributed by atoms with Crippen LogP contribution in [-0.2, 0) is 22.3 Å². The summed E-state index contributed by atoms with van der Waals surface area (Å²) < 4.78 is 23.2. The van der Waals surface area contributed by atoms with E-state index in [9.17, 15) is 0 Å². The Hall–Kier alpha value is -2.04. The standard InChI is InChI=1S/C20H24O4/c1-3-15-5-9-17(10-6-15)23-19-20(22-14-13-21-19)24-18-11-7-16(4-2)8-12-18/h5-12,19-20H,3-4,13-14H2,1-2H3/t19-,20-/m1/s1. The lowest BCUT2D eigenvalue weighted by molar-refractivity contribution is -0.271. The van der Waals surface area contributed by atoms with Gasteiger partial charge < -0.3 is 18.9 Å². The highest BCUT2D eigenvalue weighted by Gasteiger charge is 2.30. The summed E-state index contributed by atoms with van der Waals surface area (Å²) in [5.74, 6) is 1.50. The van der Waals surface area contributed by atoms with Crippen LogP contribution in [-0.4, -0.2) is 25.8 Å². The Morgan fingerprint density at radius 1 is 0.708 bits per heavy atom. The van der Waals surface area contributed by atoms with Gasteiger partial charge in [-0.15, -0.1) is 0 Å². The third kappa shape index (κ3) is 4.28.